The minimum absolute atomic E-state index is 0.212. The second-order valence-electron chi connectivity index (χ2n) is 8.13. The van der Waals surface area contributed by atoms with Crippen LogP contribution in [0.4, 0.5) is 25.8 Å². The number of halogens is 2. The van der Waals surface area contributed by atoms with Gasteiger partial charge < -0.3 is 19.6 Å². The van der Waals surface area contributed by atoms with E-state index in [9.17, 15) is 23.7 Å². The van der Waals surface area contributed by atoms with Crippen molar-refractivity contribution in [3.63, 3.8) is 0 Å². The van der Waals surface area contributed by atoms with E-state index in [4.69, 9.17) is 0 Å². The third kappa shape index (κ3) is 4.50. The number of nitro groups is 1. The molecule has 8 nitrogen and oxygen atoms in total. The smallest absolute Gasteiger partial charge is 0.295 e. The SMILES string of the molecule is CN1CCN(c2cc(N3CCN(C(=O)c4ccc(F)cc4)CC3)c([N+](=O)[O-])cc2F)CC1. The van der Waals surface area contributed by atoms with Gasteiger partial charge in [0.25, 0.3) is 11.6 Å². The fourth-order valence-corrected chi connectivity index (χ4v) is 4.15. The van der Waals surface area contributed by atoms with E-state index in [1.54, 1.807) is 11.0 Å². The van der Waals surface area contributed by atoms with Crippen molar-refractivity contribution in [2.45, 2.75) is 0 Å². The summed E-state index contributed by atoms with van der Waals surface area (Å²) in [6, 6.07) is 7.93. The third-order valence-electron chi connectivity index (χ3n) is 6.08. The lowest BCUT2D eigenvalue weighted by atomic mass is 10.1. The van der Waals surface area contributed by atoms with E-state index in [1.807, 2.05) is 16.8 Å². The van der Waals surface area contributed by atoms with E-state index in [0.717, 1.165) is 19.2 Å². The predicted molar refractivity (Wildman–Crippen MR) is 117 cm³/mol. The van der Waals surface area contributed by atoms with Crippen LogP contribution in [0.2, 0.25) is 0 Å². The van der Waals surface area contributed by atoms with E-state index in [0.29, 0.717) is 56.2 Å². The molecule has 2 aromatic carbocycles. The van der Waals surface area contributed by atoms with Gasteiger partial charge in [0.1, 0.15) is 11.5 Å². The third-order valence-corrected chi connectivity index (χ3v) is 6.08. The second-order valence-corrected chi connectivity index (χ2v) is 8.13. The number of amides is 1. The van der Waals surface area contributed by atoms with Crippen molar-refractivity contribution in [2.24, 2.45) is 0 Å². The van der Waals surface area contributed by atoms with Crippen LogP contribution in [0, 0.1) is 21.7 Å². The molecule has 2 fully saturated rings. The highest BCUT2D eigenvalue weighted by Crippen LogP contribution is 2.36. The fraction of sp³-hybridized carbons (Fsp3) is 0.409. The van der Waals surface area contributed by atoms with Crippen molar-refractivity contribution in [1.29, 1.82) is 0 Å². The van der Waals surface area contributed by atoms with Crippen molar-refractivity contribution in [3.8, 4) is 0 Å². The molecule has 1 amide bonds. The van der Waals surface area contributed by atoms with Gasteiger partial charge in [0, 0.05) is 57.9 Å². The maximum absolute atomic E-state index is 14.8. The van der Waals surface area contributed by atoms with Gasteiger partial charge in [0.15, 0.2) is 5.82 Å². The molecule has 0 aromatic heterocycles. The number of anilines is 2. The average Bonchev–Trinajstić information content (AvgIpc) is 2.80. The predicted octanol–water partition coefficient (Wildman–Crippen LogP) is 2.59. The molecule has 0 bridgehead atoms. The molecule has 2 aliphatic heterocycles. The molecule has 0 aliphatic carbocycles. The molecule has 2 aliphatic rings. The van der Waals surface area contributed by atoms with Crippen molar-refractivity contribution >= 4 is 23.0 Å². The molecule has 0 radical (unpaired) electrons. The van der Waals surface area contributed by atoms with Crippen molar-refractivity contribution in [1.82, 2.24) is 9.80 Å². The zero-order chi connectivity index (χ0) is 22.8. The van der Waals surface area contributed by atoms with Gasteiger partial charge in [-0.1, -0.05) is 0 Å². The van der Waals surface area contributed by atoms with Crippen LogP contribution in [-0.2, 0) is 0 Å². The molecule has 0 unspecified atom stereocenters. The Bertz CT molecular complexity index is 1000. The van der Waals surface area contributed by atoms with Crippen LogP contribution in [-0.4, -0.2) is 80.0 Å². The minimum Gasteiger partial charge on any atom is -0.367 e. The Hall–Kier alpha value is -3.27. The molecule has 0 N–H and O–H groups in total. The summed E-state index contributed by atoms with van der Waals surface area (Å²) in [6.07, 6.45) is 0. The zero-order valence-corrected chi connectivity index (χ0v) is 17.8. The molecular weight excluding hydrogens is 420 g/mol. The number of piperazine rings is 2. The van der Waals surface area contributed by atoms with Crippen LogP contribution in [0.25, 0.3) is 0 Å². The maximum Gasteiger partial charge on any atom is 0.295 e. The quantitative estimate of drug-likeness (QED) is 0.532. The Morgan fingerprint density at radius 3 is 2.03 bits per heavy atom. The zero-order valence-electron chi connectivity index (χ0n) is 17.8. The van der Waals surface area contributed by atoms with E-state index in [1.165, 1.54) is 24.3 Å². The normalized spacial score (nSPS) is 17.5. The Morgan fingerprint density at radius 2 is 1.44 bits per heavy atom. The lowest BCUT2D eigenvalue weighted by Crippen LogP contribution is -2.49. The molecule has 0 saturated carbocycles. The molecule has 4 rings (SSSR count). The van der Waals surface area contributed by atoms with Gasteiger partial charge in [0.2, 0.25) is 0 Å². The van der Waals surface area contributed by atoms with Crippen molar-refractivity contribution in [3.05, 3.63) is 63.7 Å². The maximum atomic E-state index is 14.8. The van der Waals surface area contributed by atoms with Gasteiger partial charge in [-0.3, -0.25) is 14.9 Å². The van der Waals surface area contributed by atoms with Crippen LogP contribution in [0.15, 0.2) is 36.4 Å². The first-order chi connectivity index (χ1) is 15.3. The van der Waals surface area contributed by atoms with Crippen molar-refractivity contribution < 1.29 is 18.5 Å². The Balaban J connectivity index is 1.52. The number of nitrogens with zero attached hydrogens (tertiary/aromatic N) is 5. The molecule has 0 spiro atoms. The van der Waals surface area contributed by atoms with Gasteiger partial charge in [0.05, 0.1) is 16.7 Å². The summed E-state index contributed by atoms with van der Waals surface area (Å²) in [7, 11) is 2.00. The molecule has 32 heavy (non-hydrogen) atoms. The Kier molecular flexibility index (Phi) is 6.22. The Morgan fingerprint density at radius 1 is 0.875 bits per heavy atom. The summed E-state index contributed by atoms with van der Waals surface area (Å²) < 4.78 is 27.9. The standard InChI is InChI=1S/C22H25F2N5O3/c1-25-6-8-26(9-7-25)19-15-20(21(29(31)32)14-18(19)24)27-10-12-28(13-11-27)22(30)16-2-4-17(23)5-3-16/h2-5,14-15H,6-13H2,1H3. The number of hydrogen-bond acceptors (Lipinski definition) is 6. The molecule has 170 valence electrons. The largest absolute Gasteiger partial charge is 0.367 e. The van der Waals surface area contributed by atoms with E-state index < -0.39 is 16.6 Å². The molecule has 2 saturated heterocycles. The first-order valence-corrected chi connectivity index (χ1v) is 10.5. The molecular formula is C22H25F2N5O3. The highest BCUT2D eigenvalue weighted by molar-refractivity contribution is 5.94. The number of nitro benzene ring substituents is 1. The van der Waals surface area contributed by atoms with Gasteiger partial charge in [-0.05, 0) is 37.4 Å². The number of hydrogen-bond donors (Lipinski definition) is 0. The van der Waals surface area contributed by atoms with Crippen LogP contribution in [0.3, 0.4) is 0 Å². The molecule has 10 heteroatoms. The van der Waals surface area contributed by atoms with Crippen LogP contribution in [0.5, 0.6) is 0 Å². The summed E-state index contributed by atoms with van der Waals surface area (Å²) in [5, 5.41) is 11.6. The minimum atomic E-state index is -0.602. The first-order valence-electron chi connectivity index (χ1n) is 10.5. The summed E-state index contributed by atoms with van der Waals surface area (Å²) in [6.45, 7) is 4.33. The van der Waals surface area contributed by atoms with E-state index in [2.05, 4.69) is 4.90 Å². The monoisotopic (exact) mass is 445 g/mol. The topological polar surface area (TPSA) is 73.2 Å². The van der Waals surface area contributed by atoms with E-state index >= 15 is 0 Å². The number of likely N-dealkylation sites (N-methyl/N-ethyl adjacent to an activating group) is 1. The summed E-state index contributed by atoms with van der Waals surface area (Å²) in [5.74, 6) is -1.22. The fourth-order valence-electron chi connectivity index (χ4n) is 4.15. The van der Waals surface area contributed by atoms with E-state index in [-0.39, 0.29) is 11.6 Å². The summed E-state index contributed by atoms with van der Waals surface area (Å²) in [5.41, 5.74) is 0.839. The second kappa shape index (κ2) is 9.07. The summed E-state index contributed by atoms with van der Waals surface area (Å²) in [4.78, 5) is 31.3. The van der Waals surface area contributed by atoms with Gasteiger partial charge in [-0.15, -0.1) is 0 Å². The highest BCUT2D eigenvalue weighted by atomic mass is 19.1. The lowest BCUT2D eigenvalue weighted by molar-refractivity contribution is -0.384. The first kappa shape index (κ1) is 21.9. The van der Waals surface area contributed by atoms with Crippen LogP contribution >= 0.6 is 0 Å². The number of benzene rings is 2. The van der Waals surface area contributed by atoms with Gasteiger partial charge in [-0.25, -0.2) is 8.78 Å². The number of rotatable bonds is 4. The van der Waals surface area contributed by atoms with Crippen LogP contribution in [0.1, 0.15) is 10.4 Å². The lowest BCUT2D eigenvalue weighted by Gasteiger charge is -2.37. The molecule has 0 atom stereocenters. The highest BCUT2D eigenvalue weighted by Gasteiger charge is 2.29. The molecule has 2 aromatic rings. The Labute approximate surface area is 184 Å². The summed E-state index contributed by atoms with van der Waals surface area (Å²) >= 11 is 0. The van der Waals surface area contributed by atoms with Crippen LogP contribution < -0.4 is 9.80 Å². The molecule has 2 heterocycles. The number of carbonyl (C=O) groups excluding carboxylic acids is 1. The van der Waals surface area contributed by atoms with Crippen molar-refractivity contribution in [2.75, 3.05) is 69.2 Å². The number of carbonyl (C=O) groups is 1. The average molecular weight is 445 g/mol. The van der Waals surface area contributed by atoms with Gasteiger partial charge in [-0.2, -0.15) is 0 Å². The van der Waals surface area contributed by atoms with Gasteiger partial charge >= 0.3 is 0 Å².